The predicted octanol–water partition coefficient (Wildman–Crippen LogP) is 10.7. The van der Waals surface area contributed by atoms with Crippen LogP contribution in [0.1, 0.15) is 0 Å². The van der Waals surface area contributed by atoms with Crippen molar-refractivity contribution in [1.82, 2.24) is 19.9 Å². The summed E-state index contributed by atoms with van der Waals surface area (Å²) in [5.74, 6) is 2.49. The Balaban J connectivity index is 1.20. The maximum absolute atomic E-state index is 6.42. The van der Waals surface area contributed by atoms with Crippen molar-refractivity contribution in [3.05, 3.63) is 158 Å². The fourth-order valence-electron chi connectivity index (χ4n) is 6.19. The summed E-state index contributed by atoms with van der Waals surface area (Å²) >= 11 is 0. The van der Waals surface area contributed by atoms with E-state index >= 15 is 0 Å². The summed E-state index contributed by atoms with van der Waals surface area (Å²) in [6.07, 6.45) is 0. The quantitative estimate of drug-likeness (QED) is 0.183. The Bertz CT molecular complexity index is 2560. The van der Waals surface area contributed by atoms with Crippen LogP contribution in [0, 0.1) is 0 Å². The number of rotatable bonds is 5. The minimum atomic E-state index is 0.615. The van der Waals surface area contributed by atoms with Crippen LogP contribution in [0.15, 0.2) is 162 Å². The highest BCUT2D eigenvalue weighted by Gasteiger charge is 2.16. The first-order valence-electron chi connectivity index (χ1n) is 15.6. The molecule has 0 aliphatic rings. The molecule has 0 amide bonds. The minimum absolute atomic E-state index is 0.615. The van der Waals surface area contributed by atoms with Gasteiger partial charge in [-0.3, -0.25) is 0 Å². The van der Waals surface area contributed by atoms with Crippen LogP contribution in [0.4, 0.5) is 0 Å². The summed E-state index contributed by atoms with van der Waals surface area (Å²) in [5, 5.41) is 4.29. The number of aromatic nitrogens is 4. The van der Waals surface area contributed by atoms with Crippen LogP contribution in [0.5, 0.6) is 0 Å². The predicted molar refractivity (Wildman–Crippen MR) is 190 cm³/mol. The van der Waals surface area contributed by atoms with E-state index in [1.807, 2.05) is 72.8 Å². The van der Waals surface area contributed by atoms with E-state index in [0.717, 1.165) is 66.0 Å². The second kappa shape index (κ2) is 11.2. The molecule has 9 rings (SSSR count). The molecule has 0 bridgehead atoms. The summed E-state index contributed by atoms with van der Waals surface area (Å²) in [5.41, 5.74) is 7.60. The van der Waals surface area contributed by atoms with E-state index < -0.39 is 0 Å². The summed E-state index contributed by atoms with van der Waals surface area (Å²) in [6, 6.07) is 53.6. The summed E-state index contributed by atoms with van der Waals surface area (Å²) in [4.78, 5) is 19.8. The Kier molecular flexibility index (Phi) is 6.39. The average molecular weight is 603 g/mol. The second-order valence-corrected chi connectivity index (χ2v) is 11.5. The molecule has 0 saturated heterocycles. The van der Waals surface area contributed by atoms with Crippen LogP contribution < -0.4 is 0 Å². The summed E-state index contributed by atoms with van der Waals surface area (Å²) in [7, 11) is 0. The lowest BCUT2D eigenvalue weighted by molar-refractivity contribution is 0.623. The number of oxazole rings is 1. The van der Waals surface area contributed by atoms with E-state index in [2.05, 4.69) is 84.9 Å². The molecule has 5 nitrogen and oxygen atoms in total. The smallest absolute Gasteiger partial charge is 0.227 e. The molecule has 0 fully saturated rings. The highest BCUT2D eigenvalue weighted by atomic mass is 16.3. The average Bonchev–Trinajstić information content (AvgIpc) is 3.60. The van der Waals surface area contributed by atoms with Gasteiger partial charge in [0.05, 0.1) is 0 Å². The van der Waals surface area contributed by atoms with Crippen molar-refractivity contribution in [1.29, 1.82) is 0 Å². The molecule has 0 aliphatic heterocycles. The molecule has 9 aromatic rings. The van der Waals surface area contributed by atoms with E-state index in [-0.39, 0.29) is 0 Å². The third-order valence-corrected chi connectivity index (χ3v) is 8.53. The topological polar surface area (TPSA) is 64.7 Å². The Labute approximate surface area is 270 Å². The van der Waals surface area contributed by atoms with Crippen molar-refractivity contribution in [2.45, 2.75) is 0 Å². The first kappa shape index (κ1) is 26.9. The van der Waals surface area contributed by atoms with Gasteiger partial charge in [-0.25, -0.2) is 19.9 Å². The molecule has 0 radical (unpaired) electrons. The zero-order valence-electron chi connectivity index (χ0n) is 25.2. The first-order valence-corrected chi connectivity index (χ1v) is 15.6. The van der Waals surface area contributed by atoms with Crippen LogP contribution in [-0.2, 0) is 0 Å². The van der Waals surface area contributed by atoms with Crippen molar-refractivity contribution >= 4 is 32.6 Å². The van der Waals surface area contributed by atoms with Gasteiger partial charge in [0.1, 0.15) is 5.52 Å². The Hall–Kier alpha value is -6.46. The zero-order chi connectivity index (χ0) is 31.2. The Morgan fingerprint density at radius 2 is 0.915 bits per heavy atom. The zero-order valence-corrected chi connectivity index (χ0v) is 25.2. The van der Waals surface area contributed by atoms with E-state index in [1.165, 1.54) is 0 Å². The van der Waals surface area contributed by atoms with Gasteiger partial charge >= 0.3 is 0 Å². The molecule has 5 heteroatoms. The van der Waals surface area contributed by atoms with Crippen LogP contribution in [0.2, 0.25) is 0 Å². The Morgan fingerprint density at radius 1 is 0.362 bits per heavy atom. The third-order valence-electron chi connectivity index (χ3n) is 8.53. The monoisotopic (exact) mass is 602 g/mol. The molecule has 2 heterocycles. The van der Waals surface area contributed by atoms with Gasteiger partial charge in [0.15, 0.2) is 23.1 Å². The second-order valence-electron chi connectivity index (χ2n) is 11.5. The molecule has 220 valence electrons. The van der Waals surface area contributed by atoms with Crippen LogP contribution in [0.25, 0.3) is 89.4 Å². The molecule has 47 heavy (non-hydrogen) atoms. The number of nitrogens with zero attached hydrogens (tertiary/aromatic N) is 4. The fourth-order valence-corrected chi connectivity index (χ4v) is 6.19. The molecule has 0 aliphatic carbocycles. The van der Waals surface area contributed by atoms with Gasteiger partial charge in [-0.2, -0.15) is 0 Å². The van der Waals surface area contributed by atoms with Crippen molar-refractivity contribution in [3.8, 4) is 56.7 Å². The number of fused-ring (bicyclic) bond motifs is 5. The van der Waals surface area contributed by atoms with E-state index in [1.54, 1.807) is 0 Å². The van der Waals surface area contributed by atoms with Crippen LogP contribution in [0.3, 0.4) is 0 Å². The maximum Gasteiger partial charge on any atom is 0.227 e. The first-order chi connectivity index (χ1) is 23.3. The van der Waals surface area contributed by atoms with Crippen molar-refractivity contribution < 1.29 is 4.42 Å². The molecule has 0 saturated carbocycles. The van der Waals surface area contributed by atoms with E-state index in [0.29, 0.717) is 23.4 Å². The molecular formula is C42H26N4O. The van der Waals surface area contributed by atoms with Gasteiger partial charge in [0, 0.05) is 27.6 Å². The molecule has 0 unspecified atom stereocenters. The molecule has 0 spiro atoms. The Morgan fingerprint density at radius 3 is 1.64 bits per heavy atom. The maximum atomic E-state index is 6.42. The number of benzene rings is 7. The van der Waals surface area contributed by atoms with Gasteiger partial charge in [-0.05, 0) is 57.6 Å². The lowest BCUT2D eigenvalue weighted by Crippen LogP contribution is -2.00. The number of hydrogen-bond acceptors (Lipinski definition) is 5. The molecule has 0 atom stereocenters. The minimum Gasteiger partial charge on any atom is -0.435 e. The fraction of sp³-hybridized carbons (Fsp3) is 0. The summed E-state index contributed by atoms with van der Waals surface area (Å²) in [6.45, 7) is 0. The van der Waals surface area contributed by atoms with Crippen LogP contribution >= 0.6 is 0 Å². The molecule has 0 N–H and O–H groups in total. The van der Waals surface area contributed by atoms with Gasteiger partial charge in [0.25, 0.3) is 0 Å². The van der Waals surface area contributed by atoms with Gasteiger partial charge < -0.3 is 4.42 Å². The molecule has 7 aromatic carbocycles. The highest BCUT2D eigenvalue weighted by Crippen LogP contribution is 2.36. The molecule has 2 aromatic heterocycles. The van der Waals surface area contributed by atoms with Gasteiger partial charge in [-0.1, -0.05) is 127 Å². The van der Waals surface area contributed by atoms with Gasteiger partial charge in [-0.15, -0.1) is 0 Å². The SMILES string of the molecule is c1ccc(-c2cccc(-c3nc(-c4ccccc4)nc(-c4ccc5c(ccc6ccc7nc(-c8ccccc8)oc7c65)c4)n3)c2)cc1. The third kappa shape index (κ3) is 4.91. The lowest BCUT2D eigenvalue weighted by atomic mass is 9.99. The molecular weight excluding hydrogens is 576 g/mol. The standard InChI is InChI=1S/C42H26N4O/c1-4-11-27(12-5-1)31-17-10-18-33(25-31)40-44-39(29-13-6-2-7-14-29)45-41(46-40)34-21-23-35-32(26-34)20-19-28-22-24-36-38(37(28)35)47-42(43-36)30-15-8-3-9-16-30/h1-26H. The van der Waals surface area contributed by atoms with E-state index in [4.69, 9.17) is 24.4 Å². The normalized spacial score (nSPS) is 11.4. The highest BCUT2D eigenvalue weighted by molar-refractivity contribution is 6.18. The largest absolute Gasteiger partial charge is 0.435 e. The lowest BCUT2D eigenvalue weighted by Gasteiger charge is -2.11. The number of hydrogen-bond donors (Lipinski definition) is 0. The van der Waals surface area contributed by atoms with Crippen molar-refractivity contribution in [3.63, 3.8) is 0 Å². The van der Waals surface area contributed by atoms with Gasteiger partial charge in [0.2, 0.25) is 5.89 Å². The van der Waals surface area contributed by atoms with Crippen LogP contribution in [-0.4, -0.2) is 19.9 Å². The summed E-state index contributed by atoms with van der Waals surface area (Å²) < 4.78 is 6.42. The van der Waals surface area contributed by atoms with Crippen molar-refractivity contribution in [2.24, 2.45) is 0 Å². The van der Waals surface area contributed by atoms with Crippen molar-refractivity contribution in [2.75, 3.05) is 0 Å². The van der Waals surface area contributed by atoms with E-state index in [9.17, 15) is 0 Å².